The van der Waals surface area contributed by atoms with Gasteiger partial charge < -0.3 is 30.0 Å². The molecule has 0 bridgehead atoms. The molecule has 2 atom stereocenters. The predicted octanol–water partition coefficient (Wildman–Crippen LogP) is 0.594. The van der Waals surface area contributed by atoms with Gasteiger partial charge in [-0.1, -0.05) is 6.07 Å². The average molecular weight is 363 g/mol. The first-order chi connectivity index (χ1) is 11.7. The molecular weight excluding hydrogens is 344 g/mol. The van der Waals surface area contributed by atoms with Crippen LogP contribution in [0.2, 0.25) is 0 Å². The first-order valence-corrected chi connectivity index (χ1v) is 8.00. The molecule has 0 fully saturated rings. The molecule has 1 heterocycles. The van der Waals surface area contributed by atoms with Crippen molar-refractivity contribution in [2.45, 2.75) is 32.9 Å². The fourth-order valence-electron chi connectivity index (χ4n) is 2.61. The zero-order valence-electron chi connectivity index (χ0n) is 14.3. The van der Waals surface area contributed by atoms with E-state index in [4.69, 9.17) is 21.7 Å². The summed E-state index contributed by atoms with van der Waals surface area (Å²) in [5, 5.41) is 17.3. The summed E-state index contributed by atoms with van der Waals surface area (Å²) in [6, 6.07) is 4.56. The van der Waals surface area contributed by atoms with Crippen LogP contribution in [0, 0.1) is 0 Å². The Labute approximate surface area is 151 Å². The van der Waals surface area contributed by atoms with E-state index in [0.29, 0.717) is 22.1 Å². The van der Waals surface area contributed by atoms with Crippen LogP contribution >= 0.6 is 12.2 Å². The Kier molecular flexibility index (Phi) is 5.63. The Morgan fingerprint density at radius 1 is 1.32 bits per heavy atom. The van der Waals surface area contributed by atoms with Crippen molar-refractivity contribution in [2.24, 2.45) is 0 Å². The molecule has 0 saturated heterocycles. The molecule has 8 heteroatoms. The molecule has 0 aromatic heterocycles. The van der Waals surface area contributed by atoms with Crippen molar-refractivity contribution in [3.8, 4) is 11.5 Å². The van der Waals surface area contributed by atoms with Gasteiger partial charge in [-0.25, -0.2) is 0 Å². The van der Waals surface area contributed by atoms with E-state index in [1.807, 2.05) is 0 Å². The van der Waals surface area contributed by atoms with E-state index in [2.05, 4.69) is 10.6 Å². The number of carboxylic acid groups (broad SMARTS) is 1. The number of allylic oxidation sites excluding steroid dienone is 1. The summed E-state index contributed by atoms with van der Waals surface area (Å²) in [6.07, 6.45) is -1.13. The van der Waals surface area contributed by atoms with Gasteiger partial charge >= 0.3 is 0 Å². The number of benzene rings is 1. The zero-order chi connectivity index (χ0) is 18.7. The quantitative estimate of drug-likeness (QED) is 0.709. The number of thiocarbonyl (C=S) groups is 1. The van der Waals surface area contributed by atoms with Gasteiger partial charge in [-0.2, -0.15) is 0 Å². The Hall–Kier alpha value is -2.61. The highest BCUT2D eigenvalue weighted by Crippen LogP contribution is 2.34. The van der Waals surface area contributed by atoms with E-state index in [0.717, 1.165) is 5.56 Å². The lowest BCUT2D eigenvalue weighted by Crippen LogP contribution is -2.44. The maximum atomic E-state index is 12.0. The van der Waals surface area contributed by atoms with Crippen molar-refractivity contribution in [3.05, 3.63) is 35.0 Å². The van der Waals surface area contributed by atoms with E-state index in [-0.39, 0.29) is 11.5 Å². The normalized spacial score (nSPS) is 18.1. The van der Waals surface area contributed by atoms with E-state index in [1.54, 1.807) is 25.1 Å². The van der Waals surface area contributed by atoms with Gasteiger partial charge in [-0.05, 0) is 50.7 Å². The minimum atomic E-state index is -1.33. The first-order valence-electron chi connectivity index (χ1n) is 7.59. The number of hydrogen-bond acceptors (Lipinski definition) is 6. The molecule has 1 aromatic rings. The molecule has 1 aliphatic heterocycles. The standard InChI is InChI=1S/C17H20N2O5S/c1-8-14(9(2)20)15(19-17(25)18-8)11-5-6-12(13(7-11)23-4)24-10(3)16(21)22/h5-7,10,15H,1-4H3,(H,21,22)(H2,18,19,25)/p-1/t10-,15-/m1/s1. The van der Waals surface area contributed by atoms with Crippen molar-refractivity contribution in [1.29, 1.82) is 0 Å². The summed E-state index contributed by atoms with van der Waals surface area (Å²) in [5.74, 6) is -0.800. The third kappa shape index (κ3) is 4.08. The lowest BCUT2D eigenvalue weighted by Gasteiger charge is -2.30. The second-order valence-corrected chi connectivity index (χ2v) is 6.02. The predicted molar refractivity (Wildman–Crippen MR) is 93.1 cm³/mol. The number of methoxy groups -OCH3 is 1. The molecule has 25 heavy (non-hydrogen) atoms. The van der Waals surface area contributed by atoms with Gasteiger partial charge in [-0.3, -0.25) is 4.79 Å². The summed E-state index contributed by atoms with van der Waals surface area (Å²) in [6.45, 7) is 4.64. The highest BCUT2D eigenvalue weighted by atomic mass is 32.1. The van der Waals surface area contributed by atoms with Gasteiger partial charge in [0.2, 0.25) is 0 Å². The van der Waals surface area contributed by atoms with Gasteiger partial charge in [0, 0.05) is 11.3 Å². The number of nitrogens with one attached hydrogen (secondary N) is 2. The largest absolute Gasteiger partial charge is 0.546 e. The molecule has 2 N–H and O–H groups in total. The van der Waals surface area contributed by atoms with E-state index in [1.165, 1.54) is 21.0 Å². The van der Waals surface area contributed by atoms with Crippen molar-refractivity contribution in [1.82, 2.24) is 10.6 Å². The van der Waals surface area contributed by atoms with Crippen LogP contribution in [-0.4, -0.2) is 30.1 Å². The van der Waals surface area contributed by atoms with Gasteiger partial charge in [0.25, 0.3) is 0 Å². The fraction of sp³-hybridized carbons (Fsp3) is 0.353. The molecule has 1 aliphatic rings. The SMILES string of the molecule is COc1cc([C@H]2NC(=S)NC(C)=C2C(C)=O)ccc1O[C@H](C)C(=O)[O-]. The second kappa shape index (κ2) is 7.52. The summed E-state index contributed by atoms with van der Waals surface area (Å²) >= 11 is 5.18. The van der Waals surface area contributed by atoms with Crippen molar-refractivity contribution >= 4 is 29.1 Å². The van der Waals surface area contributed by atoms with Gasteiger partial charge in [0.05, 0.1) is 19.1 Å². The van der Waals surface area contributed by atoms with Crippen LogP contribution < -0.4 is 25.2 Å². The maximum Gasteiger partial charge on any atom is 0.171 e. The number of hydrogen-bond donors (Lipinski definition) is 2. The van der Waals surface area contributed by atoms with E-state index in [9.17, 15) is 14.7 Å². The number of carbonyl (C=O) groups excluding carboxylic acids is 2. The van der Waals surface area contributed by atoms with E-state index < -0.39 is 18.1 Å². The van der Waals surface area contributed by atoms with E-state index >= 15 is 0 Å². The number of rotatable bonds is 6. The minimum Gasteiger partial charge on any atom is -0.546 e. The summed E-state index contributed by atoms with van der Waals surface area (Å²) < 4.78 is 10.6. The van der Waals surface area contributed by atoms with Crippen LogP contribution in [0.4, 0.5) is 0 Å². The molecule has 0 spiro atoms. The molecule has 0 unspecified atom stereocenters. The maximum absolute atomic E-state index is 12.0. The lowest BCUT2D eigenvalue weighted by atomic mass is 9.93. The number of ketones is 1. The number of Topliss-reactive ketones (excluding diaryl/α,β-unsaturated/α-hetero) is 1. The molecule has 0 amide bonds. The third-order valence-electron chi connectivity index (χ3n) is 3.81. The van der Waals surface area contributed by atoms with Crippen molar-refractivity contribution in [2.75, 3.05) is 7.11 Å². The molecule has 7 nitrogen and oxygen atoms in total. The fourth-order valence-corrected chi connectivity index (χ4v) is 2.88. The van der Waals surface area contributed by atoms with Crippen LogP contribution in [0.15, 0.2) is 29.5 Å². The van der Waals surface area contributed by atoms with Crippen LogP contribution in [0.5, 0.6) is 11.5 Å². The molecule has 0 aliphatic carbocycles. The molecule has 134 valence electrons. The second-order valence-electron chi connectivity index (χ2n) is 5.62. The van der Waals surface area contributed by atoms with Crippen molar-refractivity contribution in [3.63, 3.8) is 0 Å². The van der Waals surface area contributed by atoms with Gasteiger partial charge in [-0.15, -0.1) is 0 Å². The molecule has 2 rings (SSSR count). The van der Waals surface area contributed by atoms with Crippen LogP contribution in [0.1, 0.15) is 32.4 Å². The van der Waals surface area contributed by atoms with Crippen LogP contribution in [0.3, 0.4) is 0 Å². The van der Waals surface area contributed by atoms with Gasteiger partial charge in [0.15, 0.2) is 22.4 Å². The van der Waals surface area contributed by atoms with Crippen LogP contribution in [0.25, 0.3) is 0 Å². The number of carbonyl (C=O) groups is 2. The number of carboxylic acids is 1. The van der Waals surface area contributed by atoms with Gasteiger partial charge in [0.1, 0.15) is 6.10 Å². The smallest absolute Gasteiger partial charge is 0.171 e. The Morgan fingerprint density at radius 3 is 2.56 bits per heavy atom. The molecule has 0 saturated carbocycles. The highest BCUT2D eigenvalue weighted by molar-refractivity contribution is 7.80. The minimum absolute atomic E-state index is 0.0881. The number of aliphatic carboxylic acids is 1. The Morgan fingerprint density at radius 2 is 2.00 bits per heavy atom. The molecular formula is C17H19N2O5S-. The summed E-state index contributed by atoms with van der Waals surface area (Å²) in [7, 11) is 1.45. The third-order valence-corrected chi connectivity index (χ3v) is 4.03. The lowest BCUT2D eigenvalue weighted by molar-refractivity contribution is -0.312. The van der Waals surface area contributed by atoms with Crippen LogP contribution in [-0.2, 0) is 9.59 Å². The first kappa shape index (κ1) is 18.7. The zero-order valence-corrected chi connectivity index (χ0v) is 15.2. The Bertz CT molecular complexity index is 759. The monoisotopic (exact) mass is 363 g/mol. The van der Waals surface area contributed by atoms with Crippen molar-refractivity contribution < 1.29 is 24.2 Å². The topological polar surface area (TPSA) is 99.7 Å². The highest BCUT2D eigenvalue weighted by Gasteiger charge is 2.28. The number of ether oxygens (including phenoxy) is 2. The average Bonchev–Trinajstić information content (AvgIpc) is 2.53. The summed E-state index contributed by atoms with van der Waals surface area (Å²) in [5.41, 5.74) is 1.98. The molecule has 1 aromatic carbocycles. The Balaban J connectivity index is 2.42. The molecule has 0 radical (unpaired) electrons. The summed E-state index contributed by atoms with van der Waals surface area (Å²) in [4.78, 5) is 22.9.